The van der Waals surface area contributed by atoms with Gasteiger partial charge in [-0.25, -0.2) is 0 Å². The van der Waals surface area contributed by atoms with Gasteiger partial charge in [0, 0.05) is 0 Å². The quantitative estimate of drug-likeness (QED) is 0.322. The molecule has 0 aromatic carbocycles. The number of rotatable bonds is 12. The maximum absolute atomic E-state index is 2.43. The van der Waals surface area contributed by atoms with Crippen LogP contribution in [-0.2, 0) is 6.42 Å². The van der Waals surface area contributed by atoms with Crippen molar-refractivity contribution in [3.05, 3.63) is 69.0 Å². The third-order valence-corrected chi connectivity index (χ3v) is 5.39. The summed E-state index contributed by atoms with van der Waals surface area (Å²) < 4.78 is 0. The Labute approximate surface area is 166 Å². The molecule has 0 fully saturated rings. The molecule has 0 unspecified atom stereocenters. The third kappa shape index (κ3) is 12.1. The van der Waals surface area contributed by atoms with E-state index >= 15 is 0 Å². The molecule has 0 radical (unpaired) electrons. The first kappa shape index (κ1) is 22.7. The van der Waals surface area contributed by atoms with Gasteiger partial charge in [-0.1, -0.05) is 46.6 Å². The standard InChI is InChI=1S/C25H38S/c1-21(2)10-6-11-22(3)12-7-13-23(4)14-8-15-24(5)16-9-17-25-18-19-26-20-25/h10,12,14,16,18-20H,6-9,11,13,15,17H2,1-5H3. The van der Waals surface area contributed by atoms with E-state index in [1.54, 1.807) is 11.3 Å². The van der Waals surface area contributed by atoms with Gasteiger partial charge in [0.2, 0.25) is 0 Å². The first-order chi connectivity index (χ1) is 12.5. The molecule has 0 atom stereocenters. The molecule has 1 heteroatoms. The van der Waals surface area contributed by atoms with Crippen molar-refractivity contribution in [1.29, 1.82) is 0 Å². The average Bonchev–Trinajstić information content (AvgIpc) is 3.08. The Morgan fingerprint density at radius 2 is 1.23 bits per heavy atom. The molecule has 0 saturated carbocycles. The summed E-state index contributed by atoms with van der Waals surface area (Å²) in [5, 5.41) is 4.42. The second-order valence-electron chi connectivity index (χ2n) is 7.72. The Morgan fingerprint density at radius 3 is 1.69 bits per heavy atom. The van der Waals surface area contributed by atoms with Crippen LogP contribution in [0.4, 0.5) is 0 Å². The fraction of sp³-hybridized carbons (Fsp3) is 0.520. The van der Waals surface area contributed by atoms with Gasteiger partial charge in [-0.3, -0.25) is 0 Å². The van der Waals surface area contributed by atoms with Crippen molar-refractivity contribution in [3.63, 3.8) is 0 Å². The van der Waals surface area contributed by atoms with E-state index in [1.807, 2.05) is 0 Å². The largest absolute Gasteiger partial charge is 0.152 e. The van der Waals surface area contributed by atoms with Crippen molar-refractivity contribution in [2.45, 2.75) is 86.0 Å². The summed E-state index contributed by atoms with van der Waals surface area (Å²) in [6.07, 6.45) is 19.1. The zero-order valence-corrected chi connectivity index (χ0v) is 18.4. The lowest BCUT2D eigenvalue weighted by molar-refractivity contribution is 0.893. The third-order valence-electron chi connectivity index (χ3n) is 4.66. The lowest BCUT2D eigenvalue weighted by atomic mass is 10.0. The van der Waals surface area contributed by atoms with Crippen LogP contribution < -0.4 is 0 Å². The van der Waals surface area contributed by atoms with E-state index in [0.717, 1.165) is 0 Å². The molecule has 0 amide bonds. The van der Waals surface area contributed by atoms with Crippen LogP contribution in [0.5, 0.6) is 0 Å². The molecule has 0 nitrogen and oxygen atoms in total. The highest BCUT2D eigenvalue weighted by Crippen LogP contribution is 2.14. The van der Waals surface area contributed by atoms with E-state index in [9.17, 15) is 0 Å². The van der Waals surface area contributed by atoms with Crippen molar-refractivity contribution in [3.8, 4) is 0 Å². The maximum atomic E-state index is 2.43. The molecule has 0 aliphatic carbocycles. The normalized spacial score (nSPS) is 13.2. The monoisotopic (exact) mass is 370 g/mol. The second kappa shape index (κ2) is 13.8. The van der Waals surface area contributed by atoms with Crippen molar-refractivity contribution >= 4 is 11.3 Å². The van der Waals surface area contributed by atoms with E-state index in [2.05, 4.69) is 75.7 Å². The SMILES string of the molecule is CC(C)=CCCC(C)=CCCC(C)=CCCC(C)=CCCc1ccsc1. The van der Waals surface area contributed by atoms with Crippen LogP contribution in [0.25, 0.3) is 0 Å². The van der Waals surface area contributed by atoms with Crippen molar-refractivity contribution in [2.24, 2.45) is 0 Å². The Kier molecular flexibility index (Phi) is 12.1. The van der Waals surface area contributed by atoms with Gasteiger partial charge in [0.05, 0.1) is 0 Å². The number of hydrogen-bond donors (Lipinski definition) is 0. The summed E-state index contributed by atoms with van der Waals surface area (Å²) in [7, 11) is 0. The molecule has 1 aromatic rings. The summed E-state index contributed by atoms with van der Waals surface area (Å²) >= 11 is 1.79. The van der Waals surface area contributed by atoms with Gasteiger partial charge < -0.3 is 0 Å². The van der Waals surface area contributed by atoms with Crippen LogP contribution in [-0.4, -0.2) is 0 Å². The Morgan fingerprint density at radius 1 is 0.731 bits per heavy atom. The van der Waals surface area contributed by atoms with Crippen LogP contribution in [0.1, 0.15) is 85.1 Å². The number of allylic oxidation sites excluding steroid dienone is 8. The predicted octanol–water partition coefficient (Wildman–Crippen LogP) is 8.83. The van der Waals surface area contributed by atoms with E-state index < -0.39 is 0 Å². The van der Waals surface area contributed by atoms with E-state index in [4.69, 9.17) is 0 Å². The van der Waals surface area contributed by atoms with Gasteiger partial charge in [0.1, 0.15) is 0 Å². The maximum Gasteiger partial charge on any atom is -0.00611 e. The average molecular weight is 371 g/mol. The number of hydrogen-bond acceptors (Lipinski definition) is 1. The van der Waals surface area contributed by atoms with Crippen LogP contribution in [0.2, 0.25) is 0 Å². The molecule has 0 spiro atoms. The Balaban J connectivity index is 2.18. The minimum atomic E-state index is 1.17. The first-order valence-corrected chi connectivity index (χ1v) is 11.0. The molecule has 0 bridgehead atoms. The highest BCUT2D eigenvalue weighted by Gasteiger charge is 1.95. The summed E-state index contributed by atoms with van der Waals surface area (Å²) in [6, 6.07) is 2.23. The van der Waals surface area contributed by atoms with Gasteiger partial charge in [-0.05, 0) is 108 Å². The van der Waals surface area contributed by atoms with E-state index in [0.29, 0.717) is 0 Å². The zero-order chi connectivity index (χ0) is 19.2. The fourth-order valence-electron chi connectivity index (χ4n) is 2.91. The summed E-state index contributed by atoms with van der Waals surface area (Å²) in [4.78, 5) is 0. The lowest BCUT2D eigenvalue weighted by Crippen LogP contribution is -1.83. The van der Waals surface area contributed by atoms with Gasteiger partial charge in [0.15, 0.2) is 0 Å². The lowest BCUT2D eigenvalue weighted by Gasteiger charge is -2.03. The van der Waals surface area contributed by atoms with Crippen molar-refractivity contribution in [1.82, 2.24) is 0 Å². The molecule has 26 heavy (non-hydrogen) atoms. The highest BCUT2D eigenvalue weighted by molar-refractivity contribution is 7.07. The molecular weight excluding hydrogens is 332 g/mol. The molecule has 0 saturated heterocycles. The predicted molar refractivity (Wildman–Crippen MR) is 121 cm³/mol. The molecule has 1 aromatic heterocycles. The van der Waals surface area contributed by atoms with Crippen molar-refractivity contribution in [2.75, 3.05) is 0 Å². The Bertz CT molecular complexity index is 605. The first-order valence-electron chi connectivity index (χ1n) is 10.1. The molecule has 1 rings (SSSR count). The van der Waals surface area contributed by atoms with Crippen LogP contribution in [0, 0.1) is 0 Å². The minimum absolute atomic E-state index is 1.17. The van der Waals surface area contributed by atoms with Crippen LogP contribution in [0.15, 0.2) is 63.4 Å². The smallest absolute Gasteiger partial charge is 0.00611 e. The Hall–Kier alpha value is -1.34. The van der Waals surface area contributed by atoms with Crippen LogP contribution >= 0.6 is 11.3 Å². The summed E-state index contributed by atoms with van der Waals surface area (Å²) in [5.74, 6) is 0. The molecule has 0 N–H and O–H groups in total. The molecule has 144 valence electrons. The number of thiophene rings is 1. The van der Waals surface area contributed by atoms with Crippen LogP contribution in [0.3, 0.4) is 0 Å². The summed E-state index contributed by atoms with van der Waals surface area (Å²) in [5.41, 5.74) is 7.48. The fourth-order valence-corrected chi connectivity index (χ4v) is 3.61. The molecule has 0 aliphatic heterocycles. The zero-order valence-electron chi connectivity index (χ0n) is 17.6. The van der Waals surface area contributed by atoms with Crippen molar-refractivity contribution < 1.29 is 0 Å². The van der Waals surface area contributed by atoms with E-state index in [1.165, 1.54) is 79.2 Å². The van der Waals surface area contributed by atoms with Gasteiger partial charge in [-0.15, -0.1) is 0 Å². The topological polar surface area (TPSA) is 0 Å². The van der Waals surface area contributed by atoms with Gasteiger partial charge in [0.25, 0.3) is 0 Å². The highest BCUT2D eigenvalue weighted by atomic mass is 32.1. The molecular formula is C25H38S. The minimum Gasteiger partial charge on any atom is -0.152 e. The van der Waals surface area contributed by atoms with Gasteiger partial charge in [-0.2, -0.15) is 11.3 Å². The molecule has 1 heterocycles. The number of aryl methyl sites for hydroxylation is 1. The van der Waals surface area contributed by atoms with E-state index in [-0.39, 0.29) is 0 Å². The second-order valence-corrected chi connectivity index (χ2v) is 8.50. The molecule has 0 aliphatic rings. The van der Waals surface area contributed by atoms with Gasteiger partial charge >= 0.3 is 0 Å². The summed E-state index contributed by atoms with van der Waals surface area (Å²) in [6.45, 7) is 11.2.